The zero-order valence-corrected chi connectivity index (χ0v) is 16.1. The van der Waals surface area contributed by atoms with Gasteiger partial charge >= 0.3 is 0 Å². The summed E-state index contributed by atoms with van der Waals surface area (Å²) in [5, 5.41) is 11.1. The molecule has 28 heavy (non-hydrogen) atoms. The first-order valence-electron chi connectivity index (χ1n) is 8.79. The first-order chi connectivity index (χ1) is 13.6. The molecule has 0 amide bonds. The van der Waals surface area contributed by atoms with Crippen LogP contribution in [0.4, 0.5) is 5.82 Å². The first-order valence-corrected chi connectivity index (χ1v) is 9.67. The van der Waals surface area contributed by atoms with E-state index in [1.807, 2.05) is 53.5 Å². The van der Waals surface area contributed by atoms with Gasteiger partial charge in [0.1, 0.15) is 11.5 Å². The largest absolute Gasteiger partial charge is 0.384 e. The summed E-state index contributed by atoms with van der Waals surface area (Å²) in [5.41, 5.74) is 9.31. The normalized spacial score (nSPS) is 11.3. The highest BCUT2D eigenvalue weighted by Gasteiger charge is 2.12. The Kier molecular flexibility index (Phi) is 4.90. The molecule has 0 bridgehead atoms. The summed E-state index contributed by atoms with van der Waals surface area (Å²) in [5.74, 6) is 0.301. The minimum absolute atomic E-state index is 0.261. The predicted molar refractivity (Wildman–Crippen MR) is 114 cm³/mol. The smallest absolute Gasteiger partial charge is 0.273 e. The van der Waals surface area contributed by atoms with Gasteiger partial charge in [0, 0.05) is 17.8 Å². The van der Waals surface area contributed by atoms with Crippen molar-refractivity contribution in [3.63, 3.8) is 0 Å². The Morgan fingerprint density at radius 1 is 1.18 bits per heavy atom. The van der Waals surface area contributed by atoms with E-state index in [1.54, 1.807) is 23.6 Å². The van der Waals surface area contributed by atoms with Crippen LogP contribution in [0.2, 0.25) is 0 Å². The van der Waals surface area contributed by atoms with Gasteiger partial charge in [-0.1, -0.05) is 36.4 Å². The van der Waals surface area contributed by atoms with Crippen molar-refractivity contribution in [1.82, 2.24) is 14.5 Å². The van der Waals surface area contributed by atoms with Crippen molar-refractivity contribution in [1.29, 1.82) is 0 Å². The van der Waals surface area contributed by atoms with Gasteiger partial charge in [0.15, 0.2) is 0 Å². The van der Waals surface area contributed by atoms with E-state index in [1.165, 1.54) is 10.7 Å². The molecule has 0 aliphatic heterocycles. The highest BCUT2D eigenvalue weighted by Crippen LogP contribution is 2.26. The van der Waals surface area contributed by atoms with Crippen LogP contribution >= 0.6 is 11.3 Å². The van der Waals surface area contributed by atoms with Crippen molar-refractivity contribution in [2.75, 3.05) is 5.73 Å². The Balaban J connectivity index is 1.72. The zero-order chi connectivity index (χ0) is 19.5. The molecule has 1 aromatic carbocycles. The van der Waals surface area contributed by atoms with E-state index in [-0.39, 0.29) is 5.56 Å². The third-order valence-electron chi connectivity index (χ3n) is 4.22. The lowest BCUT2D eigenvalue weighted by Gasteiger charge is -2.03. The minimum atomic E-state index is -0.261. The molecule has 4 aromatic rings. The second kappa shape index (κ2) is 7.66. The number of nitrogen functional groups attached to an aromatic ring is 1. The van der Waals surface area contributed by atoms with Gasteiger partial charge in [-0.15, -0.1) is 11.3 Å². The van der Waals surface area contributed by atoms with Crippen molar-refractivity contribution in [2.24, 2.45) is 5.10 Å². The molecular weight excluding hydrogens is 370 g/mol. The van der Waals surface area contributed by atoms with Crippen LogP contribution in [0.3, 0.4) is 0 Å². The first kappa shape index (κ1) is 17.9. The van der Waals surface area contributed by atoms with E-state index in [0.717, 1.165) is 27.3 Å². The summed E-state index contributed by atoms with van der Waals surface area (Å²) < 4.78 is 3.08. The van der Waals surface area contributed by atoms with Gasteiger partial charge in [-0.2, -0.15) is 14.9 Å². The zero-order valence-electron chi connectivity index (χ0n) is 15.3. The number of nitrogens with zero attached hydrogens (tertiary/aromatic N) is 4. The van der Waals surface area contributed by atoms with E-state index in [2.05, 4.69) is 17.2 Å². The second-order valence-electron chi connectivity index (χ2n) is 6.45. The lowest BCUT2D eigenvalue weighted by molar-refractivity contribution is 0.689. The molecule has 7 heteroatoms. The summed E-state index contributed by atoms with van der Waals surface area (Å²) in [6.07, 6.45) is 3.57. The molecule has 0 saturated carbocycles. The van der Waals surface area contributed by atoms with Gasteiger partial charge in [-0.3, -0.25) is 9.48 Å². The fourth-order valence-corrected chi connectivity index (χ4v) is 3.68. The Morgan fingerprint density at radius 2 is 2.00 bits per heavy atom. The van der Waals surface area contributed by atoms with E-state index < -0.39 is 0 Å². The summed E-state index contributed by atoms with van der Waals surface area (Å²) >= 11 is 1.61. The Labute approximate surface area is 166 Å². The number of aromatic nitrogens is 3. The molecule has 0 fully saturated rings. The van der Waals surface area contributed by atoms with Gasteiger partial charge in [0.05, 0.1) is 17.6 Å². The molecule has 2 N–H and O–H groups in total. The maximum absolute atomic E-state index is 12.2. The van der Waals surface area contributed by atoms with Crippen LogP contribution in [0.1, 0.15) is 16.7 Å². The van der Waals surface area contributed by atoms with Crippen LogP contribution in [0.5, 0.6) is 0 Å². The number of aryl methyl sites for hydroxylation is 1. The fraction of sp³-hybridized carbons (Fsp3) is 0.0952. The number of anilines is 1. The lowest BCUT2D eigenvalue weighted by Crippen LogP contribution is -2.19. The molecule has 0 radical (unpaired) electrons. The molecule has 0 atom stereocenters. The van der Waals surface area contributed by atoms with Crippen LogP contribution in [0.25, 0.3) is 10.6 Å². The van der Waals surface area contributed by atoms with Gasteiger partial charge in [-0.05, 0) is 35.6 Å². The molecule has 0 spiro atoms. The topological polar surface area (TPSA) is 78.2 Å². The van der Waals surface area contributed by atoms with Crippen molar-refractivity contribution < 1.29 is 0 Å². The number of rotatable bonds is 5. The Bertz CT molecular complexity index is 1170. The lowest BCUT2D eigenvalue weighted by atomic mass is 10.2. The molecular formula is C21H19N5OS. The molecule has 140 valence electrons. The van der Waals surface area contributed by atoms with E-state index >= 15 is 0 Å². The third kappa shape index (κ3) is 3.79. The van der Waals surface area contributed by atoms with Gasteiger partial charge in [-0.25, -0.2) is 0 Å². The van der Waals surface area contributed by atoms with Crippen LogP contribution in [0.15, 0.2) is 76.1 Å². The summed E-state index contributed by atoms with van der Waals surface area (Å²) in [6.45, 7) is 2.48. The number of hydrogen-bond donors (Lipinski definition) is 1. The molecule has 4 rings (SSSR count). The minimum Gasteiger partial charge on any atom is -0.384 e. The summed E-state index contributed by atoms with van der Waals surface area (Å²) in [4.78, 5) is 13.2. The van der Waals surface area contributed by atoms with Crippen molar-refractivity contribution in [2.45, 2.75) is 13.5 Å². The highest BCUT2D eigenvalue weighted by molar-refractivity contribution is 7.13. The van der Waals surface area contributed by atoms with Crippen LogP contribution < -0.4 is 11.3 Å². The number of benzene rings is 1. The van der Waals surface area contributed by atoms with Gasteiger partial charge < -0.3 is 5.73 Å². The maximum atomic E-state index is 12.2. The molecule has 6 nitrogen and oxygen atoms in total. The van der Waals surface area contributed by atoms with Crippen molar-refractivity contribution >= 4 is 23.4 Å². The quantitative estimate of drug-likeness (QED) is 0.530. The monoisotopic (exact) mass is 389 g/mol. The van der Waals surface area contributed by atoms with Crippen LogP contribution in [-0.4, -0.2) is 20.7 Å². The number of hydrogen-bond acceptors (Lipinski definition) is 5. The molecule has 0 saturated heterocycles. The summed E-state index contributed by atoms with van der Waals surface area (Å²) in [6, 6.07) is 17.4. The molecule has 0 aliphatic carbocycles. The highest BCUT2D eigenvalue weighted by atomic mass is 32.1. The average molecular weight is 389 g/mol. The van der Waals surface area contributed by atoms with E-state index in [9.17, 15) is 4.79 Å². The fourth-order valence-electron chi connectivity index (χ4n) is 2.95. The Hall–Kier alpha value is -3.45. The van der Waals surface area contributed by atoms with E-state index in [0.29, 0.717) is 12.4 Å². The number of nitrogens with two attached hydrogens (primary N) is 1. The predicted octanol–water partition coefficient (Wildman–Crippen LogP) is 3.59. The number of thiophene rings is 1. The summed E-state index contributed by atoms with van der Waals surface area (Å²) in [7, 11) is 0. The Morgan fingerprint density at radius 3 is 2.71 bits per heavy atom. The third-order valence-corrected chi connectivity index (χ3v) is 5.10. The molecule has 3 heterocycles. The SMILES string of the molecule is Cc1cc(N)n(/N=C\c2cn(Cc3ccccc3)nc2-c2cccs2)c(=O)c1. The van der Waals surface area contributed by atoms with Crippen molar-refractivity contribution in [3.05, 3.63) is 93.2 Å². The van der Waals surface area contributed by atoms with Gasteiger partial charge in [0.25, 0.3) is 5.56 Å². The standard InChI is InChI=1S/C21H19N5OS/c1-15-10-19(22)26(20(27)11-15)23-12-17-14-25(13-16-6-3-2-4-7-16)24-21(17)18-8-5-9-28-18/h2-12,14H,13,22H2,1H3/b23-12-. The van der Waals surface area contributed by atoms with Crippen LogP contribution in [0, 0.1) is 6.92 Å². The molecule has 0 unspecified atom stereocenters. The number of pyridine rings is 1. The van der Waals surface area contributed by atoms with Gasteiger partial charge in [0.2, 0.25) is 0 Å². The second-order valence-corrected chi connectivity index (χ2v) is 7.39. The molecule has 3 aromatic heterocycles. The van der Waals surface area contributed by atoms with E-state index in [4.69, 9.17) is 10.8 Å². The van der Waals surface area contributed by atoms with Crippen molar-refractivity contribution in [3.8, 4) is 10.6 Å². The maximum Gasteiger partial charge on any atom is 0.273 e. The molecule has 0 aliphatic rings. The van der Waals surface area contributed by atoms with Crippen LogP contribution in [-0.2, 0) is 6.54 Å². The average Bonchev–Trinajstić information content (AvgIpc) is 3.31.